The van der Waals surface area contributed by atoms with Crippen molar-refractivity contribution in [3.63, 3.8) is 0 Å². The standard InChI is InChI=1S/C15H18N2O6/c16-15(23)12(14(22)13(21)10(19)6-18)8-2-1-7-3-4-11(20)17-9(7)5-8/h1-5,10,12-14,18-19,21-22H,6H2,(H2,16,23)(H,17,20)/t10-,12-,13-,14-/m1/s1. The Morgan fingerprint density at radius 2 is 1.78 bits per heavy atom. The summed E-state index contributed by atoms with van der Waals surface area (Å²) in [5.74, 6) is -2.24. The van der Waals surface area contributed by atoms with E-state index in [0.717, 1.165) is 0 Å². The van der Waals surface area contributed by atoms with E-state index in [4.69, 9.17) is 10.8 Å². The topological polar surface area (TPSA) is 157 Å². The number of pyridine rings is 1. The molecule has 8 nitrogen and oxygen atoms in total. The summed E-state index contributed by atoms with van der Waals surface area (Å²) in [4.78, 5) is 25.7. The van der Waals surface area contributed by atoms with Crippen LogP contribution in [-0.2, 0) is 4.79 Å². The molecule has 23 heavy (non-hydrogen) atoms. The van der Waals surface area contributed by atoms with Crippen LogP contribution in [0.1, 0.15) is 11.5 Å². The second-order valence-electron chi connectivity index (χ2n) is 5.28. The molecule has 2 aromatic rings. The van der Waals surface area contributed by atoms with Gasteiger partial charge in [0.15, 0.2) is 0 Å². The molecule has 1 aromatic carbocycles. The second-order valence-corrected chi connectivity index (χ2v) is 5.28. The molecule has 0 aliphatic rings. The number of hydrogen-bond acceptors (Lipinski definition) is 6. The molecule has 1 amide bonds. The lowest BCUT2D eigenvalue weighted by atomic mass is 9.87. The quantitative estimate of drug-likeness (QED) is 0.367. The molecular formula is C15H18N2O6. The molecule has 1 heterocycles. The lowest BCUT2D eigenvalue weighted by Crippen LogP contribution is -2.46. The van der Waals surface area contributed by atoms with Gasteiger partial charge in [-0.3, -0.25) is 9.59 Å². The highest BCUT2D eigenvalue weighted by atomic mass is 16.4. The number of carbonyl (C=O) groups excluding carboxylic acids is 1. The molecule has 0 spiro atoms. The summed E-state index contributed by atoms with van der Waals surface area (Å²) in [6, 6.07) is 7.56. The van der Waals surface area contributed by atoms with Crippen molar-refractivity contribution in [2.75, 3.05) is 6.61 Å². The van der Waals surface area contributed by atoms with Crippen LogP contribution in [0.2, 0.25) is 0 Å². The molecule has 124 valence electrons. The van der Waals surface area contributed by atoms with E-state index in [2.05, 4.69) is 4.98 Å². The number of H-pyrrole nitrogens is 1. The summed E-state index contributed by atoms with van der Waals surface area (Å²) in [6.45, 7) is -0.783. The van der Waals surface area contributed by atoms with Gasteiger partial charge in [-0.1, -0.05) is 12.1 Å². The number of aromatic nitrogens is 1. The summed E-state index contributed by atoms with van der Waals surface area (Å²) in [5.41, 5.74) is 5.67. The molecule has 7 N–H and O–H groups in total. The number of hydrogen-bond donors (Lipinski definition) is 6. The molecule has 0 radical (unpaired) electrons. The summed E-state index contributed by atoms with van der Waals surface area (Å²) < 4.78 is 0. The minimum atomic E-state index is -1.76. The molecule has 4 atom stereocenters. The van der Waals surface area contributed by atoms with Gasteiger partial charge in [-0.2, -0.15) is 0 Å². The Hall–Kier alpha value is -2.26. The smallest absolute Gasteiger partial charge is 0.248 e. The van der Waals surface area contributed by atoms with Crippen LogP contribution in [0.25, 0.3) is 10.9 Å². The van der Waals surface area contributed by atoms with Crippen LogP contribution in [0.5, 0.6) is 0 Å². The Kier molecular flexibility index (Phi) is 5.12. The predicted octanol–water partition coefficient (Wildman–Crippen LogP) is -1.83. The van der Waals surface area contributed by atoms with E-state index < -0.39 is 36.7 Å². The van der Waals surface area contributed by atoms with Crippen molar-refractivity contribution in [2.24, 2.45) is 5.73 Å². The van der Waals surface area contributed by atoms with Crippen molar-refractivity contribution in [1.29, 1.82) is 0 Å². The summed E-state index contributed by atoms with van der Waals surface area (Å²) in [5, 5.41) is 38.9. The molecule has 0 bridgehead atoms. The van der Waals surface area contributed by atoms with Gasteiger partial charge in [0.2, 0.25) is 11.5 Å². The fourth-order valence-corrected chi connectivity index (χ4v) is 2.42. The maximum atomic E-state index is 11.7. The molecule has 2 rings (SSSR count). The van der Waals surface area contributed by atoms with Gasteiger partial charge in [0.1, 0.15) is 12.2 Å². The monoisotopic (exact) mass is 322 g/mol. The number of nitrogens with two attached hydrogens (primary N) is 1. The van der Waals surface area contributed by atoms with E-state index in [1.165, 1.54) is 18.2 Å². The van der Waals surface area contributed by atoms with Crippen molar-refractivity contribution in [2.45, 2.75) is 24.2 Å². The number of primary amides is 1. The lowest BCUT2D eigenvalue weighted by Gasteiger charge is -2.27. The third-order valence-electron chi connectivity index (χ3n) is 3.69. The van der Waals surface area contributed by atoms with Crippen LogP contribution in [0, 0.1) is 0 Å². The molecule has 0 unspecified atom stereocenters. The molecule has 0 aliphatic heterocycles. The first-order valence-corrected chi connectivity index (χ1v) is 6.92. The van der Waals surface area contributed by atoms with Crippen molar-refractivity contribution >= 4 is 16.8 Å². The largest absolute Gasteiger partial charge is 0.394 e. The lowest BCUT2D eigenvalue weighted by molar-refractivity contribution is -0.128. The molecular weight excluding hydrogens is 304 g/mol. The fraction of sp³-hybridized carbons (Fsp3) is 0.333. The Morgan fingerprint density at radius 1 is 1.13 bits per heavy atom. The zero-order chi connectivity index (χ0) is 17.1. The maximum absolute atomic E-state index is 11.7. The molecule has 0 aliphatic carbocycles. The highest BCUT2D eigenvalue weighted by Crippen LogP contribution is 2.25. The molecule has 1 aromatic heterocycles. The van der Waals surface area contributed by atoms with Crippen molar-refractivity contribution < 1.29 is 25.2 Å². The SMILES string of the molecule is NC(=O)[C@H](c1ccc2ccc(=O)[nH]c2c1)[C@@H](O)[C@H](O)[C@H](O)CO. The van der Waals surface area contributed by atoms with Crippen LogP contribution in [0.15, 0.2) is 35.1 Å². The minimum Gasteiger partial charge on any atom is -0.394 e. The van der Waals surface area contributed by atoms with E-state index in [-0.39, 0.29) is 11.1 Å². The zero-order valence-corrected chi connectivity index (χ0v) is 12.1. The molecule has 0 saturated heterocycles. The van der Waals surface area contributed by atoms with Gasteiger partial charge in [-0.05, 0) is 23.1 Å². The number of fused-ring (bicyclic) bond motifs is 1. The zero-order valence-electron chi connectivity index (χ0n) is 12.1. The van der Waals surface area contributed by atoms with Gasteiger partial charge in [-0.25, -0.2) is 0 Å². The summed E-state index contributed by atoms with van der Waals surface area (Å²) >= 11 is 0. The van der Waals surface area contributed by atoms with E-state index in [0.29, 0.717) is 10.9 Å². The summed E-state index contributed by atoms with van der Waals surface area (Å²) in [6.07, 6.45) is -5.10. The third-order valence-corrected chi connectivity index (χ3v) is 3.69. The van der Waals surface area contributed by atoms with Gasteiger partial charge < -0.3 is 31.1 Å². The van der Waals surface area contributed by atoms with Crippen LogP contribution < -0.4 is 11.3 Å². The van der Waals surface area contributed by atoms with Crippen LogP contribution in [0.3, 0.4) is 0 Å². The van der Waals surface area contributed by atoms with Crippen molar-refractivity contribution in [3.05, 3.63) is 46.2 Å². The number of carbonyl (C=O) groups is 1. The van der Waals surface area contributed by atoms with E-state index in [1.54, 1.807) is 12.1 Å². The van der Waals surface area contributed by atoms with E-state index in [1.807, 2.05) is 0 Å². The Bertz CT molecular complexity index is 759. The Labute approximate surface area is 130 Å². The molecule has 0 saturated carbocycles. The Morgan fingerprint density at radius 3 is 2.39 bits per heavy atom. The van der Waals surface area contributed by atoms with Gasteiger partial charge in [0, 0.05) is 11.6 Å². The minimum absolute atomic E-state index is 0.267. The van der Waals surface area contributed by atoms with Crippen molar-refractivity contribution in [3.8, 4) is 0 Å². The van der Waals surface area contributed by atoms with Gasteiger partial charge in [0.05, 0.1) is 18.6 Å². The second kappa shape index (κ2) is 6.88. The number of aliphatic hydroxyl groups is 4. The summed E-state index contributed by atoms with van der Waals surface area (Å²) in [7, 11) is 0. The normalized spacial score (nSPS) is 16.7. The fourth-order valence-electron chi connectivity index (χ4n) is 2.42. The Balaban J connectivity index is 2.45. The number of benzene rings is 1. The maximum Gasteiger partial charge on any atom is 0.248 e. The number of nitrogens with one attached hydrogen (secondary N) is 1. The first-order valence-electron chi connectivity index (χ1n) is 6.92. The highest BCUT2D eigenvalue weighted by Gasteiger charge is 2.35. The predicted molar refractivity (Wildman–Crippen MR) is 81.6 cm³/mol. The third kappa shape index (κ3) is 3.57. The van der Waals surface area contributed by atoms with Gasteiger partial charge >= 0.3 is 0 Å². The van der Waals surface area contributed by atoms with E-state index in [9.17, 15) is 24.9 Å². The van der Waals surface area contributed by atoms with Crippen molar-refractivity contribution in [1.82, 2.24) is 4.98 Å². The average Bonchev–Trinajstić information content (AvgIpc) is 2.52. The highest BCUT2D eigenvalue weighted by molar-refractivity contribution is 5.85. The van der Waals surface area contributed by atoms with Gasteiger partial charge in [-0.15, -0.1) is 0 Å². The van der Waals surface area contributed by atoms with E-state index >= 15 is 0 Å². The molecule has 8 heteroatoms. The number of amides is 1. The first-order chi connectivity index (χ1) is 10.8. The number of aliphatic hydroxyl groups excluding tert-OH is 4. The van der Waals surface area contributed by atoms with Gasteiger partial charge in [0.25, 0.3) is 0 Å². The van der Waals surface area contributed by atoms with Crippen LogP contribution in [0.4, 0.5) is 0 Å². The molecule has 0 fully saturated rings. The average molecular weight is 322 g/mol. The first kappa shape index (κ1) is 17.1. The van der Waals surface area contributed by atoms with Crippen LogP contribution in [-0.4, -0.2) is 56.2 Å². The van der Waals surface area contributed by atoms with Crippen LogP contribution >= 0.6 is 0 Å². The number of aromatic amines is 1. The number of rotatable bonds is 6.